The number of nitrogens with zero attached hydrogens (tertiary/aromatic N) is 2. The first-order chi connectivity index (χ1) is 15.5. The van der Waals surface area contributed by atoms with Crippen LogP contribution < -0.4 is 11.1 Å². The molecule has 0 unspecified atom stereocenters. The zero-order valence-electron chi connectivity index (χ0n) is 20.1. The molecule has 2 aromatic rings. The first-order valence-corrected chi connectivity index (χ1v) is 11.4. The van der Waals surface area contributed by atoms with Crippen LogP contribution in [0.5, 0.6) is 0 Å². The summed E-state index contributed by atoms with van der Waals surface area (Å²) in [6.07, 6.45) is 1.49. The zero-order chi connectivity index (χ0) is 24.3. The maximum atomic E-state index is 12.9. The van der Waals surface area contributed by atoms with Gasteiger partial charge in [0.2, 0.25) is 11.8 Å². The SMILES string of the molecule is C[C@@H](NC(=O)[C@H](N)[C@@H](C)c1c[nH]c2ccccc12)C(=O)N1CCN(C(=O)OC(C)(C)C)CC1. The number of piperazine rings is 1. The van der Waals surface area contributed by atoms with Crippen molar-refractivity contribution in [3.63, 3.8) is 0 Å². The summed E-state index contributed by atoms with van der Waals surface area (Å²) in [7, 11) is 0. The molecule has 180 valence electrons. The summed E-state index contributed by atoms with van der Waals surface area (Å²) in [6, 6.07) is 6.34. The smallest absolute Gasteiger partial charge is 0.410 e. The van der Waals surface area contributed by atoms with Gasteiger partial charge in [0, 0.05) is 49.2 Å². The first-order valence-electron chi connectivity index (χ1n) is 11.4. The third kappa shape index (κ3) is 5.84. The number of nitrogens with one attached hydrogen (secondary N) is 2. The summed E-state index contributed by atoms with van der Waals surface area (Å²) in [4.78, 5) is 44.3. The fourth-order valence-corrected chi connectivity index (χ4v) is 3.97. The first kappa shape index (κ1) is 24.6. The molecule has 9 nitrogen and oxygen atoms in total. The van der Waals surface area contributed by atoms with Crippen LogP contribution in [0.15, 0.2) is 30.5 Å². The predicted molar refractivity (Wildman–Crippen MR) is 127 cm³/mol. The monoisotopic (exact) mass is 457 g/mol. The number of H-pyrrole nitrogens is 1. The summed E-state index contributed by atoms with van der Waals surface area (Å²) in [6.45, 7) is 10.6. The lowest BCUT2D eigenvalue weighted by Gasteiger charge is -2.36. The number of amides is 3. The fourth-order valence-electron chi connectivity index (χ4n) is 3.97. The number of aromatic nitrogens is 1. The Labute approximate surface area is 194 Å². The molecule has 1 fully saturated rings. The van der Waals surface area contributed by atoms with Crippen molar-refractivity contribution >= 4 is 28.8 Å². The van der Waals surface area contributed by atoms with Crippen LogP contribution in [0.2, 0.25) is 0 Å². The van der Waals surface area contributed by atoms with Crippen molar-refractivity contribution in [3.8, 4) is 0 Å². The lowest BCUT2D eigenvalue weighted by molar-refractivity contribution is -0.137. The number of para-hydroxylation sites is 1. The van der Waals surface area contributed by atoms with Crippen molar-refractivity contribution in [2.75, 3.05) is 26.2 Å². The van der Waals surface area contributed by atoms with Gasteiger partial charge in [-0.25, -0.2) is 4.79 Å². The largest absolute Gasteiger partial charge is 0.444 e. The topological polar surface area (TPSA) is 121 Å². The molecule has 2 heterocycles. The maximum Gasteiger partial charge on any atom is 0.410 e. The number of nitrogens with two attached hydrogens (primary N) is 1. The Morgan fingerprint density at radius 1 is 1.06 bits per heavy atom. The Morgan fingerprint density at radius 2 is 1.67 bits per heavy atom. The lowest BCUT2D eigenvalue weighted by atomic mass is 9.93. The lowest BCUT2D eigenvalue weighted by Crippen LogP contribution is -2.57. The second-order valence-corrected chi connectivity index (χ2v) is 9.63. The fraction of sp³-hybridized carbons (Fsp3) is 0.542. The van der Waals surface area contributed by atoms with E-state index >= 15 is 0 Å². The summed E-state index contributed by atoms with van der Waals surface area (Å²) in [5, 5.41) is 3.79. The van der Waals surface area contributed by atoms with Gasteiger partial charge in [-0.05, 0) is 39.3 Å². The summed E-state index contributed by atoms with van der Waals surface area (Å²) in [5.74, 6) is -0.805. The number of fused-ring (bicyclic) bond motifs is 1. The van der Waals surface area contributed by atoms with Crippen molar-refractivity contribution in [3.05, 3.63) is 36.0 Å². The Morgan fingerprint density at radius 3 is 2.30 bits per heavy atom. The van der Waals surface area contributed by atoms with Gasteiger partial charge in [-0.3, -0.25) is 9.59 Å². The number of rotatable bonds is 5. The highest BCUT2D eigenvalue weighted by molar-refractivity contribution is 5.91. The molecule has 0 saturated carbocycles. The van der Waals surface area contributed by atoms with Crippen LogP contribution in [0.25, 0.3) is 10.9 Å². The molecular weight excluding hydrogens is 422 g/mol. The number of hydrogen-bond donors (Lipinski definition) is 3. The second kappa shape index (κ2) is 9.82. The average molecular weight is 458 g/mol. The molecule has 1 aromatic carbocycles. The van der Waals surface area contributed by atoms with Gasteiger partial charge in [0.1, 0.15) is 11.6 Å². The third-order valence-corrected chi connectivity index (χ3v) is 5.93. The summed E-state index contributed by atoms with van der Waals surface area (Å²) in [5.41, 5.74) is 7.65. The van der Waals surface area contributed by atoms with Gasteiger partial charge >= 0.3 is 6.09 Å². The highest BCUT2D eigenvalue weighted by Crippen LogP contribution is 2.27. The van der Waals surface area contributed by atoms with Gasteiger partial charge in [0.05, 0.1) is 6.04 Å². The van der Waals surface area contributed by atoms with E-state index in [1.54, 1.807) is 16.7 Å². The average Bonchev–Trinajstić information content (AvgIpc) is 3.20. The number of carbonyl (C=O) groups is 3. The molecule has 0 aliphatic carbocycles. The van der Waals surface area contributed by atoms with Crippen LogP contribution in [-0.2, 0) is 14.3 Å². The van der Waals surface area contributed by atoms with E-state index in [0.29, 0.717) is 26.2 Å². The van der Waals surface area contributed by atoms with Gasteiger partial charge in [0.25, 0.3) is 0 Å². The van der Waals surface area contributed by atoms with E-state index in [9.17, 15) is 14.4 Å². The van der Waals surface area contributed by atoms with E-state index < -0.39 is 17.7 Å². The zero-order valence-corrected chi connectivity index (χ0v) is 20.1. The number of aromatic amines is 1. The highest BCUT2D eigenvalue weighted by Gasteiger charge is 2.31. The second-order valence-electron chi connectivity index (χ2n) is 9.63. The minimum atomic E-state index is -0.802. The van der Waals surface area contributed by atoms with E-state index in [1.165, 1.54) is 0 Å². The van der Waals surface area contributed by atoms with E-state index in [1.807, 2.05) is 58.2 Å². The van der Waals surface area contributed by atoms with Crippen LogP contribution in [0.1, 0.15) is 46.1 Å². The molecule has 9 heteroatoms. The molecule has 1 saturated heterocycles. The normalized spacial score (nSPS) is 17.4. The molecule has 1 aliphatic heterocycles. The molecule has 4 N–H and O–H groups in total. The molecule has 1 aliphatic rings. The van der Waals surface area contributed by atoms with E-state index in [2.05, 4.69) is 10.3 Å². The van der Waals surface area contributed by atoms with Crippen molar-refractivity contribution in [2.24, 2.45) is 5.73 Å². The van der Waals surface area contributed by atoms with Crippen molar-refractivity contribution in [1.82, 2.24) is 20.1 Å². The van der Waals surface area contributed by atoms with Gasteiger partial charge in [-0.1, -0.05) is 25.1 Å². The Hall–Kier alpha value is -3.07. The summed E-state index contributed by atoms with van der Waals surface area (Å²) < 4.78 is 5.39. The van der Waals surface area contributed by atoms with Crippen LogP contribution >= 0.6 is 0 Å². The molecule has 0 bridgehead atoms. The van der Waals surface area contributed by atoms with Crippen molar-refractivity contribution in [1.29, 1.82) is 0 Å². The molecule has 33 heavy (non-hydrogen) atoms. The van der Waals surface area contributed by atoms with Gasteiger partial charge in [0.15, 0.2) is 0 Å². The number of carbonyl (C=O) groups excluding carboxylic acids is 3. The number of hydrogen-bond acceptors (Lipinski definition) is 5. The molecule has 3 atom stereocenters. The Bertz CT molecular complexity index is 1000. The van der Waals surface area contributed by atoms with Gasteiger partial charge in [-0.15, -0.1) is 0 Å². The molecule has 1 aromatic heterocycles. The van der Waals surface area contributed by atoms with Gasteiger partial charge in [-0.2, -0.15) is 0 Å². The molecule has 0 radical (unpaired) electrons. The Balaban J connectivity index is 1.53. The third-order valence-electron chi connectivity index (χ3n) is 5.93. The van der Waals surface area contributed by atoms with Crippen LogP contribution in [0, 0.1) is 0 Å². The Kier molecular flexibility index (Phi) is 7.31. The van der Waals surface area contributed by atoms with Crippen LogP contribution in [-0.4, -0.2) is 76.6 Å². The minimum Gasteiger partial charge on any atom is -0.444 e. The summed E-state index contributed by atoms with van der Waals surface area (Å²) >= 11 is 0. The van der Waals surface area contributed by atoms with Crippen LogP contribution in [0.4, 0.5) is 4.79 Å². The standard InChI is InChI=1S/C24H35N5O4/c1-15(18-14-26-19-9-7-6-8-17(18)19)20(25)21(30)27-16(2)22(31)28-10-12-29(13-11-28)23(32)33-24(3,4)5/h6-9,14-16,20,26H,10-13,25H2,1-5H3,(H,27,30)/t15-,16+,20+/m0/s1. The van der Waals surface area contributed by atoms with Crippen molar-refractivity contribution in [2.45, 2.75) is 58.2 Å². The molecular formula is C24H35N5O4. The van der Waals surface area contributed by atoms with E-state index in [0.717, 1.165) is 16.5 Å². The van der Waals surface area contributed by atoms with E-state index in [-0.39, 0.29) is 23.8 Å². The number of benzene rings is 1. The minimum absolute atomic E-state index is 0.195. The quantitative estimate of drug-likeness (QED) is 0.636. The van der Waals surface area contributed by atoms with Crippen LogP contribution in [0.3, 0.4) is 0 Å². The van der Waals surface area contributed by atoms with E-state index in [4.69, 9.17) is 10.5 Å². The molecule has 3 rings (SSSR count). The van der Waals surface area contributed by atoms with Gasteiger partial charge < -0.3 is 30.6 Å². The highest BCUT2D eigenvalue weighted by atomic mass is 16.6. The molecule has 0 spiro atoms. The maximum absolute atomic E-state index is 12.9. The molecule has 3 amide bonds. The predicted octanol–water partition coefficient (Wildman–Crippen LogP) is 2.18. The van der Waals surface area contributed by atoms with Crippen molar-refractivity contribution < 1.29 is 19.1 Å². The number of ether oxygens (including phenoxy) is 1.